The van der Waals surface area contributed by atoms with E-state index in [0.29, 0.717) is 0 Å². The SMILES string of the molecule is CCS(=O)(=O)C(C)C(NC)c1ccc(C)cc1. The average Bonchev–Trinajstić information content (AvgIpc) is 2.32. The van der Waals surface area contributed by atoms with Gasteiger partial charge in [0.1, 0.15) is 0 Å². The van der Waals surface area contributed by atoms with Gasteiger partial charge in [-0.2, -0.15) is 0 Å². The Hall–Kier alpha value is -0.870. The number of nitrogens with one attached hydrogen (secondary N) is 1. The second-order valence-electron chi connectivity index (χ2n) is 4.33. The van der Waals surface area contributed by atoms with E-state index < -0.39 is 15.1 Å². The lowest BCUT2D eigenvalue weighted by Crippen LogP contribution is -2.34. The van der Waals surface area contributed by atoms with Gasteiger partial charge in [-0.3, -0.25) is 0 Å². The molecule has 0 heterocycles. The molecule has 2 atom stereocenters. The van der Waals surface area contributed by atoms with Crippen molar-refractivity contribution in [2.45, 2.75) is 32.1 Å². The molecule has 1 aromatic carbocycles. The molecule has 17 heavy (non-hydrogen) atoms. The van der Waals surface area contributed by atoms with Crippen molar-refractivity contribution in [3.8, 4) is 0 Å². The Labute approximate surface area is 104 Å². The monoisotopic (exact) mass is 255 g/mol. The summed E-state index contributed by atoms with van der Waals surface area (Å²) in [5, 5.41) is 2.68. The van der Waals surface area contributed by atoms with E-state index in [2.05, 4.69) is 5.32 Å². The van der Waals surface area contributed by atoms with Gasteiger partial charge in [0, 0.05) is 11.8 Å². The Bertz CT molecular complexity index is 451. The number of rotatable bonds is 5. The van der Waals surface area contributed by atoms with Gasteiger partial charge in [0.2, 0.25) is 0 Å². The molecule has 96 valence electrons. The van der Waals surface area contributed by atoms with E-state index in [1.54, 1.807) is 20.9 Å². The molecule has 0 aliphatic rings. The van der Waals surface area contributed by atoms with Crippen molar-refractivity contribution in [1.82, 2.24) is 5.32 Å². The van der Waals surface area contributed by atoms with Crippen LogP contribution < -0.4 is 5.32 Å². The van der Waals surface area contributed by atoms with Gasteiger partial charge in [-0.25, -0.2) is 8.42 Å². The van der Waals surface area contributed by atoms with Crippen LogP contribution >= 0.6 is 0 Å². The maximum Gasteiger partial charge on any atom is 0.154 e. The first-order valence-electron chi connectivity index (χ1n) is 5.87. The third kappa shape index (κ3) is 3.30. The van der Waals surface area contributed by atoms with Crippen LogP contribution in [0.4, 0.5) is 0 Å². The zero-order valence-corrected chi connectivity index (χ0v) is 11.7. The van der Waals surface area contributed by atoms with Gasteiger partial charge in [-0.05, 0) is 26.5 Å². The molecule has 0 fully saturated rings. The number of benzene rings is 1. The van der Waals surface area contributed by atoms with E-state index in [4.69, 9.17) is 0 Å². The molecule has 0 radical (unpaired) electrons. The Morgan fingerprint density at radius 2 is 1.76 bits per heavy atom. The van der Waals surface area contributed by atoms with Gasteiger partial charge in [-0.1, -0.05) is 36.8 Å². The molecular weight excluding hydrogens is 234 g/mol. The van der Waals surface area contributed by atoms with Gasteiger partial charge in [0.05, 0.1) is 5.25 Å². The fourth-order valence-corrected chi connectivity index (χ4v) is 3.15. The lowest BCUT2D eigenvalue weighted by molar-refractivity contribution is 0.531. The molecular formula is C13H21NO2S. The van der Waals surface area contributed by atoms with Crippen LogP contribution in [-0.4, -0.2) is 26.5 Å². The smallest absolute Gasteiger partial charge is 0.154 e. The van der Waals surface area contributed by atoms with Crippen LogP contribution in [0.25, 0.3) is 0 Å². The normalized spacial score (nSPS) is 15.5. The first-order valence-corrected chi connectivity index (χ1v) is 7.59. The number of hydrogen-bond donors (Lipinski definition) is 1. The minimum Gasteiger partial charge on any atom is -0.312 e. The summed E-state index contributed by atoms with van der Waals surface area (Å²) < 4.78 is 23.8. The number of hydrogen-bond acceptors (Lipinski definition) is 3. The van der Waals surface area contributed by atoms with Crippen LogP contribution in [0, 0.1) is 6.92 Å². The highest BCUT2D eigenvalue weighted by Gasteiger charge is 2.27. The Balaban J connectivity index is 3.04. The predicted octanol–water partition coefficient (Wildman–Crippen LogP) is 2.08. The first kappa shape index (κ1) is 14.2. The largest absolute Gasteiger partial charge is 0.312 e. The molecule has 4 heteroatoms. The minimum absolute atomic E-state index is 0.152. The van der Waals surface area contributed by atoms with Crippen molar-refractivity contribution in [1.29, 1.82) is 0 Å². The molecule has 2 unspecified atom stereocenters. The molecule has 1 rings (SSSR count). The summed E-state index contributed by atoms with van der Waals surface area (Å²) in [6.07, 6.45) is 0. The van der Waals surface area contributed by atoms with Crippen molar-refractivity contribution in [3.63, 3.8) is 0 Å². The summed E-state index contributed by atoms with van der Waals surface area (Å²) in [5.74, 6) is 0.179. The third-order valence-electron chi connectivity index (χ3n) is 3.19. The van der Waals surface area contributed by atoms with E-state index in [-0.39, 0.29) is 11.8 Å². The summed E-state index contributed by atoms with van der Waals surface area (Å²) in [6, 6.07) is 7.83. The Kier molecular flexibility index (Phi) is 4.71. The van der Waals surface area contributed by atoms with Crippen LogP contribution in [0.3, 0.4) is 0 Å². The summed E-state index contributed by atoms with van der Waals surface area (Å²) in [5.41, 5.74) is 2.19. The van der Waals surface area contributed by atoms with Crippen LogP contribution in [0.2, 0.25) is 0 Å². The molecule has 1 aromatic rings. The molecule has 0 bridgehead atoms. The van der Waals surface area contributed by atoms with Crippen LogP contribution in [0.1, 0.15) is 31.0 Å². The maximum absolute atomic E-state index is 11.9. The molecule has 1 N–H and O–H groups in total. The van der Waals surface area contributed by atoms with Crippen LogP contribution in [-0.2, 0) is 9.84 Å². The Morgan fingerprint density at radius 3 is 2.18 bits per heavy atom. The summed E-state index contributed by atoms with van der Waals surface area (Å²) in [6.45, 7) is 5.47. The lowest BCUT2D eigenvalue weighted by atomic mass is 10.0. The quantitative estimate of drug-likeness (QED) is 0.876. The fraction of sp³-hybridized carbons (Fsp3) is 0.538. The van der Waals surface area contributed by atoms with E-state index in [0.717, 1.165) is 5.56 Å². The average molecular weight is 255 g/mol. The standard InChI is InChI=1S/C13H21NO2S/c1-5-17(15,16)11(3)13(14-4)12-8-6-10(2)7-9-12/h6-9,11,13-14H,5H2,1-4H3. The fourth-order valence-electron chi connectivity index (χ4n) is 1.92. The zero-order chi connectivity index (χ0) is 13.1. The third-order valence-corrected chi connectivity index (χ3v) is 5.40. The number of aryl methyl sites for hydroxylation is 1. The highest BCUT2D eigenvalue weighted by Crippen LogP contribution is 2.22. The summed E-state index contributed by atoms with van der Waals surface area (Å²) in [7, 11) is -1.23. The molecule has 0 aliphatic heterocycles. The van der Waals surface area contributed by atoms with Crippen LogP contribution in [0.5, 0.6) is 0 Å². The van der Waals surface area contributed by atoms with Crippen molar-refractivity contribution in [2.24, 2.45) is 0 Å². The van der Waals surface area contributed by atoms with Gasteiger partial charge >= 0.3 is 0 Å². The lowest BCUT2D eigenvalue weighted by Gasteiger charge is -2.23. The molecule has 0 amide bonds. The van der Waals surface area contributed by atoms with Crippen molar-refractivity contribution in [2.75, 3.05) is 12.8 Å². The van der Waals surface area contributed by atoms with E-state index >= 15 is 0 Å². The second kappa shape index (κ2) is 5.65. The van der Waals surface area contributed by atoms with Gasteiger partial charge in [0.15, 0.2) is 9.84 Å². The van der Waals surface area contributed by atoms with Crippen molar-refractivity contribution < 1.29 is 8.42 Å². The highest BCUT2D eigenvalue weighted by atomic mass is 32.2. The molecule has 0 saturated carbocycles. The first-order chi connectivity index (χ1) is 7.92. The topological polar surface area (TPSA) is 46.2 Å². The molecule has 0 aliphatic carbocycles. The second-order valence-corrected chi connectivity index (χ2v) is 6.98. The molecule has 3 nitrogen and oxygen atoms in total. The maximum atomic E-state index is 11.9. The molecule has 0 aromatic heterocycles. The Morgan fingerprint density at radius 1 is 1.24 bits per heavy atom. The molecule has 0 spiro atoms. The molecule has 0 saturated heterocycles. The van der Waals surface area contributed by atoms with Gasteiger partial charge in [-0.15, -0.1) is 0 Å². The van der Waals surface area contributed by atoms with E-state index in [1.807, 2.05) is 31.2 Å². The van der Waals surface area contributed by atoms with Gasteiger partial charge in [0.25, 0.3) is 0 Å². The predicted molar refractivity (Wildman–Crippen MR) is 71.9 cm³/mol. The summed E-state index contributed by atoms with van der Waals surface area (Å²) >= 11 is 0. The van der Waals surface area contributed by atoms with E-state index in [1.165, 1.54) is 5.56 Å². The minimum atomic E-state index is -3.03. The zero-order valence-electron chi connectivity index (χ0n) is 10.9. The van der Waals surface area contributed by atoms with Crippen LogP contribution in [0.15, 0.2) is 24.3 Å². The van der Waals surface area contributed by atoms with Crippen molar-refractivity contribution >= 4 is 9.84 Å². The summed E-state index contributed by atoms with van der Waals surface area (Å²) in [4.78, 5) is 0. The van der Waals surface area contributed by atoms with E-state index in [9.17, 15) is 8.42 Å². The van der Waals surface area contributed by atoms with Gasteiger partial charge < -0.3 is 5.32 Å². The highest BCUT2D eigenvalue weighted by molar-refractivity contribution is 7.92. The van der Waals surface area contributed by atoms with Crippen molar-refractivity contribution in [3.05, 3.63) is 35.4 Å². The number of sulfone groups is 1.